The van der Waals surface area contributed by atoms with Gasteiger partial charge in [-0.25, -0.2) is 15.8 Å². The van der Waals surface area contributed by atoms with E-state index in [0.29, 0.717) is 11.6 Å². The highest BCUT2D eigenvalue weighted by Gasteiger charge is 2.20. The average molecular weight is 265 g/mol. The molecule has 1 aromatic heterocycles. The molecule has 0 atom stereocenters. The maximum absolute atomic E-state index is 5.59. The molecule has 0 amide bonds. The number of nitrogens with two attached hydrogens (primary N) is 1. The minimum absolute atomic E-state index is 0.667. The maximum atomic E-state index is 5.59. The Morgan fingerprint density at radius 3 is 2.68 bits per heavy atom. The minimum atomic E-state index is 0.667. The zero-order valence-corrected chi connectivity index (χ0v) is 11.7. The van der Waals surface area contributed by atoms with E-state index in [4.69, 9.17) is 10.6 Å². The highest BCUT2D eigenvalue weighted by atomic mass is 16.5. The monoisotopic (exact) mass is 265 g/mol. The summed E-state index contributed by atoms with van der Waals surface area (Å²) in [5.74, 6) is 8.46. The van der Waals surface area contributed by atoms with Crippen LogP contribution in [0.2, 0.25) is 0 Å². The van der Waals surface area contributed by atoms with Crippen LogP contribution in [0.15, 0.2) is 0 Å². The molecule has 0 saturated heterocycles. The van der Waals surface area contributed by atoms with Gasteiger partial charge in [0, 0.05) is 25.3 Å². The fourth-order valence-electron chi connectivity index (χ4n) is 1.86. The first-order valence-corrected chi connectivity index (χ1v) is 6.84. The largest absolute Gasteiger partial charge is 0.381 e. The lowest BCUT2D eigenvalue weighted by Crippen LogP contribution is -2.15. The summed E-state index contributed by atoms with van der Waals surface area (Å²) in [7, 11) is 0. The van der Waals surface area contributed by atoms with E-state index in [1.165, 1.54) is 12.8 Å². The fraction of sp³-hybridized carbons (Fsp3) is 0.692. The van der Waals surface area contributed by atoms with Gasteiger partial charge in [0.2, 0.25) is 0 Å². The van der Waals surface area contributed by atoms with Gasteiger partial charge in [-0.3, -0.25) is 0 Å². The number of nitrogens with one attached hydrogen (secondary N) is 2. The van der Waals surface area contributed by atoms with Gasteiger partial charge in [-0.05, 0) is 39.0 Å². The number of aryl methyl sites for hydroxylation is 1. The van der Waals surface area contributed by atoms with Gasteiger partial charge < -0.3 is 15.5 Å². The van der Waals surface area contributed by atoms with Crippen LogP contribution in [-0.2, 0) is 4.74 Å². The Balaban J connectivity index is 1.73. The number of nitrogens with zero attached hydrogens (tertiary/aromatic N) is 2. The number of anilines is 2. The van der Waals surface area contributed by atoms with Crippen molar-refractivity contribution in [3.8, 4) is 0 Å². The second kappa shape index (κ2) is 6.68. The third kappa shape index (κ3) is 4.33. The molecule has 6 nitrogen and oxygen atoms in total. The lowest BCUT2D eigenvalue weighted by molar-refractivity contribution is 0.124. The Morgan fingerprint density at radius 2 is 2.00 bits per heavy atom. The van der Waals surface area contributed by atoms with E-state index in [9.17, 15) is 0 Å². The third-order valence-corrected chi connectivity index (χ3v) is 3.20. The summed E-state index contributed by atoms with van der Waals surface area (Å²) in [5, 5.41) is 3.31. The standard InChI is InChI=1S/C13H23N5O/c1-9-12(16-10(2)17-13(9)18-14)15-6-3-7-19-8-11-4-5-11/h11H,3-8,14H2,1-2H3,(H2,15,16,17,18). The quantitative estimate of drug-likeness (QED) is 0.376. The van der Waals surface area contributed by atoms with Gasteiger partial charge in [0.15, 0.2) is 0 Å². The summed E-state index contributed by atoms with van der Waals surface area (Å²) in [5.41, 5.74) is 3.53. The smallest absolute Gasteiger partial charge is 0.148 e. The molecule has 1 fully saturated rings. The van der Waals surface area contributed by atoms with Gasteiger partial charge in [0.1, 0.15) is 17.5 Å². The first-order chi connectivity index (χ1) is 9.20. The van der Waals surface area contributed by atoms with E-state index in [1.807, 2.05) is 13.8 Å². The molecule has 0 aliphatic heterocycles. The van der Waals surface area contributed by atoms with Gasteiger partial charge in [0.25, 0.3) is 0 Å². The predicted octanol–water partition coefficient (Wildman–Crippen LogP) is 1.61. The molecule has 0 unspecified atom stereocenters. The maximum Gasteiger partial charge on any atom is 0.148 e. The van der Waals surface area contributed by atoms with Crippen LogP contribution < -0.4 is 16.6 Å². The molecule has 1 heterocycles. The summed E-state index contributed by atoms with van der Waals surface area (Å²) in [6, 6.07) is 0. The first kappa shape index (κ1) is 14.0. The van der Waals surface area contributed by atoms with Crippen LogP contribution in [0.25, 0.3) is 0 Å². The number of nitrogen functional groups attached to an aromatic ring is 1. The zero-order chi connectivity index (χ0) is 13.7. The molecular weight excluding hydrogens is 242 g/mol. The van der Waals surface area contributed by atoms with E-state index in [2.05, 4.69) is 20.7 Å². The van der Waals surface area contributed by atoms with Crippen molar-refractivity contribution in [2.45, 2.75) is 33.1 Å². The predicted molar refractivity (Wildman–Crippen MR) is 76.0 cm³/mol. The number of hydrazine groups is 1. The molecule has 0 aromatic carbocycles. The summed E-state index contributed by atoms with van der Waals surface area (Å²) in [4.78, 5) is 8.60. The van der Waals surface area contributed by atoms with E-state index in [1.54, 1.807) is 0 Å². The second-order valence-electron chi connectivity index (χ2n) is 5.04. The average Bonchev–Trinajstić information content (AvgIpc) is 3.21. The molecule has 0 bridgehead atoms. The van der Waals surface area contributed by atoms with Crippen molar-refractivity contribution in [1.29, 1.82) is 0 Å². The van der Waals surface area contributed by atoms with Gasteiger partial charge in [0.05, 0.1) is 0 Å². The Bertz CT molecular complexity index is 420. The minimum Gasteiger partial charge on any atom is -0.381 e. The van der Waals surface area contributed by atoms with E-state index < -0.39 is 0 Å². The van der Waals surface area contributed by atoms with E-state index in [0.717, 1.165) is 43.5 Å². The van der Waals surface area contributed by atoms with E-state index in [-0.39, 0.29) is 0 Å². The SMILES string of the molecule is Cc1nc(NN)c(C)c(NCCCOCC2CC2)n1. The van der Waals surface area contributed by atoms with Crippen molar-refractivity contribution in [1.82, 2.24) is 9.97 Å². The van der Waals surface area contributed by atoms with Crippen molar-refractivity contribution in [2.75, 3.05) is 30.5 Å². The fourth-order valence-corrected chi connectivity index (χ4v) is 1.86. The molecule has 106 valence electrons. The number of hydrogen-bond acceptors (Lipinski definition) is 6. The molecule has 1 aromatic rings. The second-order valence-corrected chi connectivity index (χ2v) is 5.04. The normalized spacial score (nSPS) is 14.5. The molecule has 0 spiro atoms. The highest BCUT2D eigenvalue weighted by Crippen LogP contribution is 2.28. The molecule has 1 aliphatic rings. The Kier molecular flexibility index (Phi) is 4.93. The lowest BCUT2D eigenvalue weighted by Gasteiger charge is -2.12. The van der Waals surface area contributed by atoms with Crippen LogP contribution in [0.5, 0.6) is 0 Å². The summed E-state index contributed by atoms with van der Waals surface area (Å²) in [6.45, 7) is 6.36. The van der Waals surface area contributed by atoms with Crippen LogP contribution in [0.4, 0.5) is 11.6 Å². The van der Waals surface area contributed by atoms with E-state index >= 15 is 0 Å². The zero-order valence-electron chi connectivity index (χ0n) is 11.7. The van der Waals surface area contributed by atoms with Crippen LogP contribution in [0.3, 0.4) is 0 Å². The Hall–Kier alpha value is -1.40. The van der Waals surface area contributed by atoms with Crippen molar-refractivity contribution >= 4 is 11.6 Å². The highest BCUT2D eigenvalue weighted by molar-refractivity contribution is 5.56. The topological polar surface area (TPSA) is 85.1 Å². The number of rotatable bonds is 8. The molecule has 1 aliphatic carbocycles. The van der Waals surface area contributed by atoms with Gasteiger partial charge in [-0.1, -0.05) is 0 Å². The summed E-state index contributed by atoms with van der Waals surface area (Å²) < 4.78 is 5.59. The number of ether oxygens (including phenoxy) is 1. The van der Waals surface area contributed by atoms with Crippen molar-refractivity contribution < 1.29 is 4.74 Å². The van der Waals surface area contributed by atoms with Crippen molar-refractivity contribution in [2.24, 2.45) is 11.8 Å². The third-order valence-electron chi connectivity index (χ3n) is 3.20. The summed E-state index contributed by atoms with van der Waals surface area (Å²) >= 11 is 0. The van der Waals surface area contributed by atoms with Gasteiger partial charge in [-0.15, -0.1) is 0 Å². The van der Waals surface area contributed by atoms with Gasteiger partial charge >= 0.3 is 0 Å². The van der Waals surface area contributed by atoms with Gasteiger partial charge in [-0.2, -0.15) is 0 Å². The Labute approximate surface area is 114 Å². The summed E-state index contributed by atoms with van der Waals surface area (Å²) in [6.07, 6.45) is 3.65. The van der Waals surface area contributed by atoms with Crippen LogP contribution in [0.1, 0.15) is 30.7 Å². The number of aromatic nitrogens is 2. The molecule has 19 heavy (non-hydrogen) atoms. The lowest BCUT2D eigenvalue weighted by atomic mass is 10.3. The molecule has 0 radical (unpaired) electrons. The van der Waals surface area contributed by atoms with Crippen molar-refractivity contribution in [3.63, 3.8) is 0 Å². The molecule has 2 rings (SSSR count). The van der Waals surface area contributed by atoms with Crippen LogP contribution >= 0.6 is 0 Å². The van der Waals surface area contributed by atoms with Crippen LogP contribution in [0, 0.1) is 19.8 Å². The molecule has 4 N–H and O–H groups in total. The van der Waals surface area contributed by atoms with Crippen LogP contribution in [-0.4, -0.2) is 29.7 Å². The molecular formula is C13H23N5O. The number of hydrogen-bond donors (Lipinski definition) is 3. The molecule has 6 heteroatoms. The first-order valence-electron chi connectivity index (χ1n) is 6.84. The van der Waals surface area contributed by atoms with Crippen molar-refractivity contribution in [3.05, 3.63) is 11.4 Å². The Morgan fingerprint density at radius 1 is 1.26 bits per heavy atom. The molecule has 1 saturated carbocycles.